The lowest BCUT2D eigenvalue weighted by atomic mass is 10.0. The number of amides is 2. The van der Waals surface area contributed by atoms with Gasteiger partial charge in [-0.15, -0.1) is 0 Å². The van der Waals surface area contributed by atoms with Crippen molar-refractivity contribution in [2.24, 2.45) is 0 Å². The van der Waals surface area contributed by atoms with Crippen LogP contribution in [-0.4, -0.2) is 50.8 Å². The zero-order chi connectivity index (χ0) is 22.0. The maximum absolute atomic E-state index is 13.2. The van der Waals surface area contributed by atoms with E-state index in [4.69, 9.17) is 4.74 Å². The quantitative estimate of drug-likeness (QED) is 0.658. The van der Waals surface area contributed by atoms with Crippen molar-refractivity contribution in [1.29, 1.82) is 0 Å². The molecule has 0 aliphatic carbocycles. The molecule has 2 aliphatic rings. The number of benzene rings is 2. The number of imide groups is 1. The fraction of sp³-hybridized carbons (Fsp3) is 0.318. The lowest BCUT2D eigenvalue weighted by Gasteiger charge is -2.30. The number of carbonyl (C=O) groups excluding carboxylic acids is 3. The highest BCUT2D eigenvalue weighted by Gasteiger charge is 2.29. The Morgan fingerprint density at radius 3 is 2.35 bits per heavy atom. The largest absolute Gasteiger partial charge is 0.452 e. The van der Waals surface area contributed by atoms with Crippen LogP contribution in [0.3, 0.4) is 0 Å². The molecular weight excluding hydrogens is 420 g/mol. The maximum atomic E-state index is 13.2. The normalized spacial score (nSPS) is 16.2. The van der Waals surface area contributed by atoms with Crippen LogP contribution >= 0.6 is 0 Å². The molecule has 0 radical (unpaired) electrons. The van der Waals surface area contributed by atoms with E-state index in [0.717, 1.165) is 23.3 Å². The Morgan fingerprint density at radius 2 is 1.65 bits per heavy atom. The maximum Gasteiger partial charge on any atom is 0.338 e. The van der Waals surface area contributed by atoms with E-state index < -0.39 is 28.5 Å². The number of rotatable bonds is 5. The molecule has 0 unspecified atom stereocenters. The Hall–Kier alpha value is -3.20. The zero-order valence-corrected chi connectivity index (χ0v) is 17.6. The van der Waals surface area contributed by atoms with Gasteiger partial charge in [0.25, 0.3) is 15.9 Å². The molecule has 9 heteroatoms. The SMILES string of the molecule is O=C(OCC(=O)N1CCCC1=O)c1ccc(S(=O)(=O)N2CCCc3ccccc32)cc1. The molecule has 0 atom stereocenters. The first-order valence-corrected chi connectivity index (χ1v) is 11.5. The van der Waals surface area contributed by atoms with Gasteiger partial charge in [0.05, 0.1) is 16.1 Å². The van der Waals surface area contributed by atoms with Crippen LogP contribution in [0.4, 0.5) is 5.69 Å². The van der Waals surface area contributed by atoms with Gasteiger partial charge < -0.3 is 4.74 Å². The van der Waals surface area contributed by atoms with Gasteiger partial charge in [-0.1, -0.05) is 18.2 Å². The first-order valence-electron chi connectivity index (χ1n) is 10.1. The first kappa shape index (κ1) is 21.0. The fourth-order valence-electron chi connectivity index (χ4n) is 3.84. The van der Waals surface area contributed by atoms with E-state index in [1.807, 2.05) is 18.2 Å². The Kier molecular flexibility index (Phi) is 5.77. The van der Waals surface area contributed by atoms with Crippen LogP contribution in [0.15, 0.2) is 53.4 Å². The molecule has 0 bridgehead atoms. The van der Waals surface area contributed by atoms with Crippen LogP contribution in [0, 0.1) is 0 Å². The minimum absolute atomic E-state index is 0.0690. The Labute approximate surface area is 180 Å². The van der Waals surface area contributed by atoms with Gasteiger partial charge in [-0.2, -0.15) is 0 Å². The van der Waals surface area contributed by atoms with E-state index in [0.29, 0.717) is 31.6 Å². The zero-order valence-electron chi connectivity index (χ0n) is 16.8. The Balaban J connectivity index is 1.45. The monoisotopic (exact) mass is 442 g/mol. The summed E-state index contributed by atoms with van der Waals surface area (Å²) in [4.78, 5) is 37.0. The average molecular weight is 442 g/mol. The third kappa shape index (κ3) is 4.18. The number of hydrogen-bond acceptors (Lipinski definition) is 6. The molecule has 0 spiro atoms. The van der Waals surface area contributed by atoms with Crippen LogP contribution in [-0.2, 0) is 30.8 Å². The van der Waals surface area contributed by atoms with Crippen molar-refractivity contribution < 1.29 is 27.5 Å². The molecule has 0 saturated carbocycles. The molecule has 0 N–H and O–H groups in total. The van der Waals surface area contributed by atoms with E-state index in [9.17, 15) is 22.8 Å². The van der Waals surface area contributed by atoms with Crippen LogP contribution < -0.4 is 4.31 Å². The third-order valence-corrected chi connectivity index (χ3v) is 7.27. The molecule has 2 heterocycles. The van der Waals surface area contributed by atoms with Crippen molar-refractivity contribution in [1.82, 2.24) is 4.90 Å². The number of sulfonamides is 1. The Morgan fingerprint density at radius 1 is 0.935 bits per heavy atom. The van der Waals surface area contributed by atoms with Gasteiger partial charge in [0.2, 0.25) is 5.91 Å². The molecule has 2 aromatic carbocycles. The lowest BCUT2D eigenvalue weighted by Crippen LogP contribution is -2.35. The van der Waals surface area contributed by atoms with Crippen molar-refractivity contribution in [2.75, 3.05) is 24.0 Å². The molecule has 2 aromatic rings. The standard InChI is InChI=1S/C22H22N2O6S/c25-20-8-4-13-23(20)21(26)15-30-22(27)17-9-11-18(12-10-17)31(28,29)24-14-3-6-16-5-1-2-7-19(16)24/h1-2,5,7,9-12H,3-4,6,8,13-15H2. The van der Waals surface area contributed by atoms with E-state index in [-0.39, 0.29) is 16.4 Å². The summed E-state index contributed by atoms with van der Waals surface area (Å²) in [5.41, 5.74) is 1.78. The second-order valence-electron chi connectivity index (χ2n) is 7.45. The Bertz CT molecular complexity index is 1130. The average Bonchev–Trinajstić information content (AvgIpc) is 3.22. The minimum atomic E-state index is -3.78. The summed E-state index contributed by atoms with van der Waals surface area (Å²) in [5.74, 6) is -1.58. The summed E-state index contributed by atoms with van der Waals surface area (Å²) in [6.45, 7) is 0.192. The first-order chi connectivity index (χ1) is 14.9. The van der Waals surface area contributed by atoms with Crippen LogP contribution in [0.2, 0.25) is 0 Å². The number of para-hydroxylation sites is 1. The second-order valence-corrected chi connectivity index (χ2v) is 9.31. The van der Waals surface area contributed by atoms with Crippen LogP contribution in [0.5, 0.6) is 0 Å². The second kappa shape index (κ2) is 8.50. The number of anilines is 1. The summed E-state index contributed by atoms with van der Waals surface area (Å²) < 4.78 is 32.7. The van der Waals surface area contributed by atoms with Crippen molar-refractivity contribution in [3.05, 3.63) is 59.7 Å². The molecule has 8 nitrogen and oxygen atoms in total. The van der Waals surface area contributed by atoms with Gasteiger partial charge >= 0.3 is 5.97 Å². The lowest BCUT2D eigenvalue weighted by molar-refractivity contribution is -0.143. The number of esters is 1. The summed E-state index contributed by atoms with van der Waals surface area (Å²) in [6, 6.07) is 12.8. The van der Waals surface area contributed by atoms with Crippen molar-refractivity contribution in [3.8, 4) is 0 Å². The molecular formula is C22H22N2O6S. The van der Waals surface area contributed by atoms with Gasteiger partial charge in [-0.25, -0.2) is 13.2 Å². The predicted molar refractivity (Wildman–Crippen MR) is 112 cm³/mol. The number of carbonyl (C=O) groups is 3. The molecule has 1 saturated heterocycles. The topological polar surface area (TPSA) is 101 Å². The van der Waals surface area contributed by atoms with Crippen molar-refractivity contribution >= 4 is 33.5 Å². The molecule has 2 amide bonds. The van der Waals surface area contributed by atoms with Gasteiger partial charge in [0.1, 0.15) is 0 Å². The minimum Gasteiger partial charge on any atom is -0.452 e. The summed E-state index contributed by atoms with van der Waals surface area (Å²) in [5, 5.41) is 0. The van der Waals surface area contributed by atoms with Gasteiger partial charge in [0, 0.05) is 19.5 Å². The number of nitrogens with zero attached hydrogens (tertiary/aromatic N) is 2. The number of fused-ring (bicyclic) bond motifs is 1. The summed E-state index contributed by atoms with van der Waals surface area (Å²) >= 11 is 0. The molecule has 4 rings (SSSR count). The smallest absolute Gasteiger partial charge is 0.338 e. The van der Waals surface area contributed by atoms with E-state index in [1.54, 1.807) is 6.07 Å². The van der Waals surface area contributed by atoms with Crippen molar-refractivity contribution in [3.63, 3.8) is 0 Å². The third-order valence-electron chi connectivity index (χ3n) is 5.45. The number of hydrogen-bond donors (Lipinski definition) is 0. The molecule has 31 heavy (non-hydrogen) atoms. The molecule has 0 aromatic heterocycles. The van der Waals surface area contributed by atoms with Gasteiger partial charge in [-0.3, -0.25) is 18.8 Å². The molecule has 162 valence electrons. The van der Waals surface area contributed by atoms with E-state index in [1.165, 1.54) is 28.6 Å². The summed E-state index contributed by atoms with van der Waals surface area (Å²) in [6.07, 6.45) is 2.48. The van der Waals surface area contributed by atoms with Crippen molar-refractivity contribution in [2.45, 2.75) is 30.6 Å². The molecule has 1 fully saturated rings. The van der Waals surface area contributed by atoms with Crippen LogP contribution in [0.25, 0.3) is 0 Å². The summed E-state index contributed by atoms with van der Waals surface area (Å²) in [7, 11) is -3.78. The highest BCUT2D eigenvalue weighted by Crippen LogP contribution is 2.31. The predicted octanol–water partition coefficient (Wildman–Crippen LogP) is 2.13. The fourth-order valence-corrected chi connectivity index (χ4v) is 5.38. The van der Waals surface area contributed by atoms with E-state index >= 15 is 0 Å². The number of ether oxygens (including phenoxy) is 1. The van der Waals surface area contributed by atoms with Crippen LogP contribution in [0.1, 0.15) is 35.2 Å². The highest BCUT2D eigenvalue weighted by atomic mass is 32.2. The van der Waals surface area contributed by atoms with Gasteiger partial charge in [-0.05, 0) is 55.2 Å². The van der Waals surface area contributed by atoms with E-state index in [2.05, 4.69) is 0 Å². The molecule has 2 aliphatic heterocycles. The number of aryl methyl sites for hydroxylation is 1. The van der Waals surface area contributed by atoms with Gasteiger partial charge in [0.15, 0.2) is 6.61 Å². The highest BCUT2D eigenvalue weighted by molar-refractivity contribution is 7.92. The number of likely N-dealkylation sites (tertiary alicyclic amines) is 1.